The third-order valence-corrected chi connectivity index (χ3v) is 4.36. The highest BCUT2D eigenvalue weighted by molar-refractivity contribution is 6.30. The molecule has 1 aromatic carbocycles. The van der Waals surface area contributed by atoms with Crippen molar-refractivity contribution < 1.29 is 9.13 Å². The van der Waals surface area contributed by atoms with E-state index in [1.54, 1.807) is 6.20 Å². The third kappa shape index (κ3) is 3.10. The number of nitrogens with zero attached hydrogens (tertiary/aromatic N) is 4. The molecule has 2 aromatic heterocycles. The lowest BCUT2D eigenvalue weighted by Crippen LogP contribution is -2.28. The molecule has 3 N–H and O–H groups in total. The molecule has 3 aromatic rings. The summed E-state index contributed by atoms with van der Waals surface area (Å²) in [6.45, 7) is 1.41. The number of aromatic nitrogens is 4. The van der Waals surface area contributed by atoms with Gasteiger partial charge in [0.2, 0.25) is 11.9 Å². The lowest BCUT2D eigenvalue weighted by atomic mass is 10.1. The minimum Gasteiger partial charge on any atom is -0.381 e. The third-order valence-electron chi connectivity index (χ3n) is 4.13. The quantitative estimate of drug-likeness (QED) is 0.744. The number of anilines is 2. The molecule has 1 aliphatic rings. The number of benzene rings is 1. The zero-order chi connectivity index (χ0) is 17.4. The monoisotopic (exact) mass is 362 g/mol. The number of ether oxygens (including phenoxy) is 1. The molecule has 0 saturated carbocycles. The summed E-state index contributed by atoms with van der Waals surface area (Å²) in [6.07, 6.45) is 3.33. The van der Waals surface area contributed by atoms with Crippen LogP contribution in [0.15, 0.2) is 24.4 Å². The van der Waals surface area contributed by atoms with Gasteiger partial charge < -0.3 is 15.8 Å². The van der Waals surface area contributed by atoms with Gasteiger partial charge in [0.15, 0.2) is 5.65 Å². The van der Waals surface area contributed by atoms with Gasteiger partial charge in [-0.05, 0) is 31.0 Å². The predicted molar refractivity (Wildman–Crippen MR) is 93.5 cm³/mol. The Morgan fingerprint density at radius 3 is 2.88 bits per heavy atom. The van der Waals surface area contributed by atoms with Crippen LogP contribution in [0, 0.1) is 5.82 Å². The average molecular weight is 363 g/mol. The summed E-state index contributed by atoms with van der Waals surface area (Å²) < 4.78 is 21.1. The van der Waals surface area contributed by atoms with Crippen molar-refractivity contribution in [2.24, 2.45) is 0 Å². The Bertz CT molecular complexity index is 924. The number of imidazole rings is 1. The first-order valence-electron chi connectivity index (χ1n) is 7.92. The minimum absolute atomic E-state index is 0.119. The van der Waals surface area contributed by atoms with E-state index in [0.29, 0.717) is 35.3 Å². The second-order valence-electron chi connectivity index (χ2n) is 5.83. The summed E-state index contributed by atoms with van der Waals surface area (Å²) in [5.41, 5.74) is 7.07. The Morgan fingerprint density at radius 1 is 1.28 bits per heavy atom. The summed E-state index contributed by atoms with van der Waals surface area (Å²) in [4.78, 5) is 13.0. The van der Waals surface area contributed by atoms with Crippen molar-refractivity contribution in [3.05, 3.63) is 35.2 Å². The van der Waals surface area contributed by atoms with E-state index in [1.807, 2.05) is 0 Å². The van der Waals surface area contributed by atoms with Crippen LogP contribution in [0.2, 0.25) is 5.02 Å². The van der Waals surface area contributed by atoms with Crippen molar-refractivity contribution in [2.75, 3.05) is 24.3 Å². The second-order valence-corrected chi connectivity index (χ2v) is 6.27. The first-order chi connectivity index (χ1) is 12.1. The molecule has 1 aliphatic heterocycles. The number of hydrogen-bond donors (Lipinski definition) is 2. The number of fused-ring (bicyclic) bond motifs is 1. The normalized spacial score (nSPS) is 15.6. The number of nitrogens with two attached hydrogens (primary N) is 1. The molecule has 0 radical (unpaired) electrons. The van der Waals surface area contributed by atoms with Crippen molar-refractivity contribution in [3.63, 3.8) is 0 Å². The van der Waals surface area contributed by atoms with Gasteiger partial charge in [0.25, 0.3) is 0 Å². The van der Waals surface area contributed by atoms with E-state index >= 15 is 0 Å². The van der Waals surface area contributed by atoms with Crippen LogP contribution in [0.3, 0.4) is 0 Å². The van der Waals surface area contributed by atoms with E-state index in [-0.39, 0.29) is 17.7 Å². The summed E-state index contributed by atoms with van der Waals surface area (Å²) in [5, 5.41) is 3.68. The zero-order valence-electron chi connectivity index (χ0n) is 13.2. The van der Waals surface area contributed by atoms with E-state index in [4.69, 9.17) is 22.1 Å². The van der Waals surface area contributed by atoms with Crippen molar-refractivity contribution in [1.82, 2.24) is 19.5 Å². The maximum atomic E-state index is 14.3. The SMILES string of the molecule is Nc1nc2cnc(NC3CCOCC3)nc2n1-c1cc(Cl)ccc1F. The van der Waals surface area contributed by atoms with Crippen LogP contribution in [-0.4, -0.2) is 38.8 Å². The molecule has 1 fully saturated rings. The Hall–Kier alpha value is -2.45. The Kier molecular flexibility index (Phi) is 4.14. The molecular formula is C16H16ClFN6O. The highest BCUT2D eigenvalue weighted by Crippen LogP contribution is 2.26. The lowest BCUT2D eigenvalue weighted by molar-refractivity contribution is 0.0903. The molecule has 1 saturated heterocycles. The van der Waals surface area contributed by atoms with Crippen molar-refractivity contribution in [3.8, 4) is 5.69 Å². The summed E-state index contributed by atoms with van der Waals surface area (Å²) in [6, 6.07) is 4.48. The van der Waals surface area contributed by atoms with Gasteiger partial charge in [-0.15, -0.1) is 0 Å². The molecule has 0 bridgehead atoms. The average Bonchev–Trinajstić information content (AvgIpc) is 2.93. The highest BCUT2D eigenvalue weighted by atomic mass is 35.5. The Balaban J connectivity index is 1.77. The van der Waals surface area contributed by atoms with Crippen LogP contribution in [0.5, 0.6) is 0 Å². The van der Waals surface area contributed by atoms with Gasteiger partial charge in [-0.3, -0.25) is 4.57 Å². The molecule has 130 valence electrons. The van der Waals surface area contributed by atoms with Crippen LogP contribution >= 0.6 is 11.6 Å². The molecule has 0 spiro atoms. The lowest BCUT2D eigenvalue weighted by Gasteiger charge is -2.22. The van der Waals surface area contributed by atoms with Crippen LogP contribution in [0.1, 0.15) is 12.8 Å². The van der Waals surface area contributed by atoms with E-state index in [9.17, 15) is 4.39 Å². The second kappa shape index (κ2) is 6.45. The number of nitrogens with one attached hydrogen (secondary N) is 1. The molecule has 0 atom stereocenters. The largest absolute Gasteiger partial charge is 0.381 e. The molecule has 25 heavy (non-hydrogen) atoms. The number of hydrogen-bond acceptors (Lipinski definition) is 6. The van der Waals surface area contributed by atoms with Gasteiger partial charge in [0.1, 0.15) is 11.3 Å². The smallest absolute Gasteiger partial charge is 0.224 e. The first kappa shape index (κ1) is 16.0. The number of rotatable bonds is 3. The molecule has 9 heteroatoms. The van der Waals surface area contributed by atoms with Gasteiger partial charge in [-0.2, -0.15) is 4.98 Å². The fraction of sp³-hybridized carbons (Fsp3) is 0.312. The Labute approximate surface area is 148 Å². The van der Waals surface area contributed by atoms with Crippen LogP contribution < -0.4 is 11.1 Å². The van der Waals surface area contributed by atoms with Gasteiger partial charge in [-0.25, -0.2) is 14.4 Å². The minimum atomic E-state index is -0.465. The first-order valence-corrected chi connectivity index (χ1v) is 8.30. The molecule has 7 nitrogen and oxygen atoms in total. The van der Waals surface area contributed by atoms with E-state index in [2.05, 4.69) is 20.3 Å². The number of nitrogen functional groups attached to an aromatic ring is 1. The molecule has 0 amide bonds. The maximum absolute atomic E-state index is 14.3. The zero-order valence-corrected chi connectivity index (χ0v) is 14.0. The summed E-state index contributed by atoms with van der Waals surface area (Å²) >= 11 is 6.00. The van der Waals surface area contributed by atoms with E-state index in [0.717, 1.165) is 12.8 Å². The maximum Gasteiger partial charge on any atom is 0.224 e. The van der Waals surface area contributed by atoms with Gasteiger partial charge in [-0.1, -0.05) is 11.6 Å². The standard InChI is InChI=1S/C16H16ClFN6O/c17-9-1-2-11(18)13(7-9)24-14-12(22-15(24)19)8-20-16(23-14)21-10-3-5-25-6-4-10/h1-2,7-8,10H,3-6H2,(H2,19,22)(H,20,21,23). The van der Waals surface area contributed by atoms with Crippen LogP contribution in [0.25, 0.3) is 16.9 Å². The van der Waals surface area contributed by atoms with Crippen LogP contribution in [0.4, 0.5) is 16.3 Å². The Morgan fingerprint density at radius 2 is 2.08 bits per heavy atom. The summed E-state index contributed by atoms with van der Waals surface area (Å²) in [7, 11) is 0. The van der Waals surface area contributed by atoms with Gasteiger partial charge in [0, 0.05) is 24.3 Å². The van der Waals surface area contributed by atoms with Crippen LogP contribution in [-0.2, 0) is 4.74 Å². The van der Waals surface area contributed by atoms with Crippen molar-refractivity contribution >= 4 is 34.7 Å². The van der Waals surface area contributed by atoms with E-state index in [1.165, 1.54) is 22.8 Å². The van der Waals surface area contributed by atoms with E-state index < -0.39 is 5.82 Å². The van der Waals surface area contributed by atoms with Gasteiger partial charge in [0.05, 0.1) is 11.9 Å². The molecule has 0 aliphatic carbocycles. The summed E-state index contributed by atoms with van der Waals surface area (Å²) in [5.74, 6) is 0.101. The van der Waals surface area contributed by atoms with Gasteiger partial charge >= 0.3 is 0 Å². The number of halogens is 2. The molecular weight excluding hydrogens is 347 g/mol. The fourth-order valence-electron chi connectivity index (χ4n) is 2.88. The fourth-order valence-corrected chi connectivity index (χ4v) is 3.05. The molecule has 0 unspecified atom stereocenters. The predicted octanol–water partition coefficient (Wildman–Crippen LogP) is 2.78. The highest BCUT2D eigenvalue weighted by Gasteiger charge is 2.18. The van der Waals surface area contributed by atoms with Crippen molar-refractivity contribution in [1.29, 1.82) is 0 Å². The van der Waals surface area contributed by atoms with Crippen molar-refractivity contribution in [2.45, 2.75) is 18.9 Å². The molecule has 4 rings (SSSR count). The topological polar surface area (TPSA) is 90.9 Å². The molecule has 3 heterocycles.